The number of aliphatic imine (C=N–C) groups is 1. The van der Waals surface area contributed by atoms with Gasteiger partial charge < -0.3 is 20.3 Å². The number of alkyl halides is 3. The van der Waals surface area contributed by atoms with Crippen LogP contribution in [0.1, 0.15) is 27.0 Å². The largest absolute Gasteiger partial charge is 0.497 e. The summed E-state index contributed by atoms with van der Waals surface area (Å²) in [4.78, 5) is 17.5. The number of ether oxygens (including phenoxy) is 1. The van der Waals surface area contributed by atoms with Crippen LogP contribution in [0, 0.1) is 0 Å². The molecule has 2 rings (SSSR count). The van der Waals surface area contributed by atoms with Crippen LogP contribution >= 0.6 is 0 Å². The van der Waals surface area contributed by atoms with Crippen LogP contribution in [0.25, 0.3) is 0 Å². The van der Waals surface area contributed by atoms with Crippen molar-refractivity contribution < 1.29 is 22.7 Å². The van der Waals surface area contributed by atoms with Gasteiger partial charge in [0, 0.05) is 39.8 Å². The molecule has 9 heteroatoms. The first-order valence-electron chi connectivity index (χ1n) is 9.15. The van der Waals surface area contributed by atoms with Crippen molar-refractivity contribution in [2.24, 2.45) is 4.99 Å². The fourth-order valence-corrected chi connectivity index (χ4v) is 2.71. The van der Waals surface area contributed by atoms with Gasteiger partial charge in [0.25, 0.3) is 5.91 Å². The molecule has 0 aliphatic carbocycles. The zero-order chi connectivity index (χ0) is 22.3. The maximum Gasteiger partial charge on any atom is 0.416 e. The number of nitrogens with one attached hydrogen (secondary N) is 2. The van der Waals surface area contributed by atoms with E-state index in [2.05, 4.69) is 15.6 Å². The average molecular weight is 422 g/mol. The van der Waals surface area contributed by atoms with Crippen molar-refractivity contribution in [2.75, 3.05) is 28.3 Å². The van der Waals surface area contributed by atoms with Crippen molar-refractivity contribution in [1.29, 1.82) is 0 Å². The Bertz CT molecular complexity index is 894. The first-order valence-corrected chi connectivity index (χ1v) is 9.15. The van der Waals surface area contributed by atoms with Crippen LogP contribution in [0.2, 0.25) is 0 Å². The van der Waals surface area contributed by atoms with Gasteiger partial charge in [-0.2, -0.15) is 13.2 Å². The molecule has 0 unspecified atom stereocenters. The molecule has 0 aliphatic heterocycles. The van der Waals surface area contributed by atoms with Crippen molar-refractivity contribution >= 4 is 11.9 Å². The van der Waals surface area contributed by atoms with Crippen LogP contribution in [0.3, 0.4) is 0 Å². The number of carbonyl (C=O) groups is 1. The number of hydrogen-bond acceptors (Lipinski definition) is 3. The number of amides is 1. The van der Waals surface area contributed by atoms with Crippen LogP contribution in [0.5, 0.6) is 5.75 Å². The summed E-state index contributed by atoms with van der Waals surface area (Å²) in [6.45, 7) is 0.333. The SMILES string of the molecule is CN=C(NCc1ccc(C(=O)N(C)C)cc1)NCc1ccc(OC)cc1C(F)(F)F. The topological polar surface area (TPSA) is 66.0 Å². The van der Waals surface area contributed by atoms with E-state index in [0.29, 0.717) is 18.1 Å². The van der Waals surface area contributed by atoms with E-state index >= 15 is 0 Å². The number of carbonyl (C=O) groups excluding carboxylic acids is 1. The van der Waals surface area contributed by atoms with Crippen LogP contribution in [-0.2, 0) is 19.3 Å². The van der Waals surface area contributed by atoms with E-state index in [4.69, 9.17) is 4.74 Å². The maximum absolute atomic E-state index is 13.3. The Morgan fingerprint density at radius 1 is 1.07 bits per heavy atom. The summed E-state index contributed by atoms with van der Waals surface area (Å²) in [5, 5.41) is 5.93. The number of guanidine groups is 1. The molecule has 0 spiro atoms. The standard InChI is InChI=1S/C21H25F3N4O2/c1-25-20(26-12-14-5-7-15(8-6-14)19(29)28(2)3)27-13-16-9-10-17(30-4)11-18(16)21(22,23)24/h5-11H,12-13H2,1-4H3,(H2,25,26,27). The predicted molar refractivity (Wildman–Crippen MR) is 109 cm³/mol. The molecular weight excluding hydrogens is 397 g/mol. The maximum atomic E-state index is 13.3. The molecule has 0 heterocycles. The quantitative estimate of drug-likeness (QED) is 0.554. The minimum atomic E-state index is -4.49. The summed E-state index contributed by atoms with van der Waals surface area (Å²) in [5.74, 6) is 0.407. The van der Waals surface area contributed by atoms with Gasteiger partial charge in [-0.05, 0) is 35.4 Å². The van der Waals surface area contributed by atoms with E-state index < -0.39 is 11.7 Å². The minimum Gasteiger partial charge on any atom is -0.497 e. The van der Waals surface area contributed by atoms with Gasteiger partial charge in [-0.1, -0.05) is 18.2 Å². The second-order valence-electron chi connectivity index (χ2n) is 6.70. The normalized spacial score (nSPS) is 11.8. The number of nitrogens with zero attached hydrogens (tertiary/aromatic N) is 2. The van der Waals surface area contributed by atoms with Gasteiger partial charge >= 0.3 is 6.18 Å². The molecule has 162 valence electrons. The first-order chi connectivity index (χ1) is 14.2. The lowest BCUT2D eigenvalue weighted by Crippen LogP contribution is -2.36. The summed E-state index contributed by atoms with van der Waals surface area (Å²) in [6.07, 6.45) is -4.49. The minimum absolute atomic E-state index is 0.0607. The summed E-state index contributed by atoms with van der Waals surface area (Å²) in [5.41, 5.74) is 0.794. The molecular formula is C21H25F3N4O2. The first kappa shape index (κ1) is 23.1. The van der Waals surface area contributed by atoms with Crippen LogP contribution in [-0.4, -0.2) is 45.0 Å². The Hall–Kier alpha value is -3.23. The monoisotopic (exact) mass is 422 g/mol. The van der Waals surface area contributed by atoms with Crippen LogP contribution < -0.4 is 15.4 Å². The van der Waals surface area contributed by atoms with Crippen LogP contribution in [0.4, 0.5) is 13.2 Å². The third-order valence-electron chi connectivity index (χ3n) is 4.36. The molecule has 0 saturated heterocycles. The highest BCUT2D eigenvalue weighted by Gasteiger charge is 2.33. The highest BCUT2D eigenvalue weighted by Crippen LogP contribution is 2.34. The summed E-state index contributed by atoms with van der Waals surface area (Å²) in [7, 11) is 6.22. The van der Waals surface area contributed by atoms with Gasteiger partial charge in [-0.25, -0.2) is 0 Å². The highest BCUT2D eigenvalue weighted by atomic mass is 19.4. The third kappa shape index (κ3) is 6.13. The molecule has 2 aromatic rings. The molecule has 0 saturated carbocycles. The highest BCUT2D eigenvalue weighted by molar-refractivity contribution is 5.93. The molecule has 30 heavy (non-hydrogen) atoms. The zero-order valence-corrected chi connectivity index (χ0v) is 17.3. The molecule has 6 nitrogen and oxygen atoms in total. The molecule has 1 amide bonds. The van der Waals surface area contributed by atoms with Crippen LogP contribution in [0.15, 0.2) is 47.5 Å². The van der Waals surface area contributed by atoms with E-state index in [0.717, 1.165) is 11.6 Å². The summed E-state index contributed by atoms with van der Waals surface area (Å²) < 4.78 is 44.9. The van der Waals surface area contributed by atoms with Gasteiger partial charge in [-0.3, -0.25) is 9.79 Å². The van der Waals surface area contributed by atoms with Gasteiger partial charge in [-0.15, -0.1) is 0 Å². The lowest BCUT2D eigenvalue weighted by atomic mass is 10.1. The van der Waals surface area contributed by atoms with E-state index in [1.807, 2.05) is 12.1 Å². The molecule has 0 bridgehead atoms. The number of rotatable bonds is 6. The Labute approximate surface area is 173 Å². The fraction of sp³-hybridized carbons (Fsp3) is 0.333. The number of halogens is 3. The number of benzene rings is 2. The molecule has 0 radical (unpaired) electrons. The summed E-state index contributed by atoms with van der Waals surface area (Å²) in [6, 6.07) is 10.9. The molecule has 2 aromatic carbocycles. The van der Waals surface area contributed by atoms with Crippen molar-refractivity contribution in [2.45, 2.75) is 19.3 Å². The smallest absolute Gasteiger partial charge is 0.416 e. The van der Waals surface area contributed by atoms with Crippen molar-refractivity contribution in [3.05, 3.63) is 64.7 Å². The Morgan fingerprint density at radius 3 is 2.23 bits per heavy atom. The predicted octanol–water partition coefficient (Wildman–Crippen LogP) is 3.28. The zero-order valence-electron chi connectivity index (χ0n) is 17.3. The number of hydrogen-bond donors (Lipinski definition) is 2. The lowest BCUT2D eigenvalue weighted by molar-refractivity contribution is -0.138. The average Bonchev–Trinajstić information content (AvgIpc) is 2.73. The Morgan fingerprint density at radius 2 is 1.70 bits per heavy atom. The van der Waals surface area contributed by atoms with Gasteiger partial charge in [0.05, 0.1) is 12.7 Å². The fourth-order valence-electron chi connectivity index (χ4n) is 2.71. The molecule has 2 N–H and O–H groups in total. The molecule has 0 atom stereocenters. The third-order valence-corrected chi connectivity index (χ3v) is 4.36. The van der Waals surface area contributed by atoms with E-state index in [1.165, 1.54) is 31.2 Å². The second kappa shape index (κ2) is 10.00. The van der Waals surface area contributed by atoms with Gasteiger partial charge in [0.15, 0.2) is 5.96 Å². The van der Waals surface area contributed by atoms with Crippen molar-refractivity contribution in [1.82, 2.24) is 15.5 Å². The molecule has 0 aromatic heterocycles. The lowest BCUT2D eigenvalue weighted by Gasteiger charge is -2.17. The van der Waals surface area contributed by atoms with Crippen molar-refractivity contribution in [3.63, 3.8) is 0 Å². The van der Waals surface area contributed by atoms with E-state index in [-0.39, 0.29) is 23.8 Å². The summed E-state index contributed by atoms with van der Waals surface area (Å²) >= 11 is 0. The van der Waals surface area contributed by atoms with Crippen molar-refractivity contribution in [3.8, 4) is 5.75 Å². The van der Waals surface area contributed by atoms with E-state index in [9.17, 15) is 18.0 Å². The van der Waals surface area contributed by atoms with Gasteiger partial charge in [0.2, 0.25) is 0 Å². The second-order valence-corrected chi connectivity index (χ2v) is 6.70. The molecule has 0 fully saturated rings. The number of methoxy groups -OCH3 is 1. The Balaban J connectivity index is 2.00. The molecule has 0 aliphatic rings. The Kier molecular flexibility index (Phi) is 7.68. The van der Waals surface area contributed by atoms with Gasteiger partial charge in [0.1, 0.15) is 5.75 Å². The van der Waals surface area contributed by atoms with E-state index in [1.54, 1.807) is 26.2 Å².